The Kier molecular flexibility index (Phi) is 2.56. The molecule has 0 aliphatic heterocycles. The lowest BCUT2D eigenvalue weighted by molar-refractivity contribution is 0.831. The Bertz CT molecular complexity index is 427. The summed E-state index contributed by atoms with van der Waals surface area (Å²) >= 11 is 1.69. The fourth-order valence-corrected chi connectivity index (χ4v) is 2.37. The summed E-state index contributed by atoms with van der Waals surface area (Å²) in [7, 11) is 0. The molecule has 0 aromatic carbocycles. The highest BCUT2D eigenvalue weighted by Gasteiger charge is 2.09. The first kappa shape index (κ1) is 9.68. The summed E-state index contributed by atoms with van der Waals surface area (Å²) in [6.45, 7) is 5.02. The van der Waals surface area contributed by atoms with Gasteiger partial charge in [-0.1, -0.05) is 13.8 Å². The number of aromatic nitrogens is 2. The maximum atomic E-state index is 5.55. The molecule has 0 saturated carbocycles. The van der Waals surface area contributed by atoms with Gasteiger partial charge in [0.25, 0.3) is 0 Å². The molecule has 0 bridgehead atoms. The second-order valence-electron chi connectivity index (χ2n) is 3.74. The minimum absolute atomic E-state index is 0.493. The third kappa shape index (κ3) is 1.55. The van der Waals surface area contributed by atoms with E-state index in [-0.39, 0.29) is 0 Å². The first-order valence-corrected chi connectivity index (χ1v) is 5.75. The van der Waals surface area contributed by atoms with Crippen molar-refractivity contribution >= 4 is 16.3 Å². The summed E-state index contributed by atoms with van der Waals surface area (Å²) in [6.07, 6.45) is 3.05. The summed E-state index contributed by atoms with van der Waals surface area (Å²) in [4.78, 5) is 5.64. The molecule has 4 heteroatoms. The van der Waals surface area contributed by atoms with Crippen LogP contribution >= 0.6 is 11.3 Å². The molecule has 0 unspecified atom stereocenters. The van der Waals surface area contributed by atoms with Crippen LogP contribution in [0.4, 0.5) is 0 Å². The zero-order valence-corrected chi connectivity index (χ0v) is 9.34. The average Bonchev–Trinajstić information content (AvgIpc) is 2.67. The fourth-order valence-electron chi connectivity index (χ4n) is 1.45. The van der Waals surface area contributed by atoms with Gasteiger partial charge in [-0.05, 0) is 12.5 Å². The molecule has 0 aliphatic carbocycles. The molecule has 2 rings (SSSR count). The lowest BCUT2D eigenvalue weighted by Crippen LogP contribution is -2.04. The van der Waals surface area contributed by atoms with Gasteiger partial charge >= 0.3 is 0 Å². The number of fused-ring (bicyclic) bond motifs is 1. The Morgan fingerprint density at radius 3 is 3.00 bits per heavy atom. The summed E-state index contributed by atoms with van der Waals surface area (Å²) in [6, 6.07) is 0. The predicted octanol–water partition coefficient (Wildman–Crippen LogP) is 2.02. The van der Waals surface area contributed by atoms with Crippen LogP contribution in [0.2, 0.25) is 0 Å². The first-order valence-electron chi connectivity index (χ1n) is 4.87. The molecule has 0 amide bonds. The number of imidazole rings is 1. The minimum atomic E-state index is 0.493. The van der Waals surface area contributed by atoms with Gasteiger partial charge in [-0.3, -0.25) is 4.40 Å². The largest absolute Gasteiger partial charge is 0.330 e. The number of rotatable bonds is 3. The van der Waals surface area contributed by atoms with E-state index in [4.69, 9.17) is 5.73 Å². The number of thiazole rings is 1. The SMILES string of the molecule is CC(C)c1cn2c(CCN)csc2n1. The lowest BCUT2D eigenvalue weighted by atomic mass is 10.2. The molecule has 76 valence electrons. The molecule has 0 spiro atoms. The van der Waals surface area contributed by atoms with Crippen molar-refractivity contribution in [1.82, 2.24) is 9.38 Å². The number of nitrogens with zero attached hydrogens (tertiary/aromatic N) is 2. The van der Waals surface area contributed by atoms with Crippen LogP contribution in [0.3, 0.4) is 0 Å². The number of hydrogen-bond donors (Lipinski definition) is 1. The Morgan fingerprint density at radius 2 is 2.36 bits per heavy atom. The lowest BCUT2D eigenvalue weighted by Gasteiger charge is -1.97. The van der Waals surface area contributed by atoms with E-state index in [0.717, 1.165) is 17.1 Å². The van der Waals surface area contributed by atoms with Gasteiger partial charge < -0.3 is 5.73 Å². The second-order valence-corrected chi connectivity index (χ2v) is 4.58. The van der Waals surface area contributed by atoms with Gasteiger partial charge in [-0.2, -0.15) is 0 Å². The molecule has 2 heterocycles. The molecule has 0 atom stereocenters. The molecule has 3 nitrogen and oxygen atoms in total. The van der Waals surface area contributed by atoms with Gasteiger partial charge in [-0.25, -0.2) is 4.98 Å². The van der Waals surface area contributed by atoms with Gasteiger partial charge in [0.2, 0.25) is 0 Å². The van der Waals surface area contributed by atoms with E-state index < -0.39 is 0 Å². The van der Waals surface area contributed by atoms with Crippen LogP contribution in [0, 0.1) is 0 Å². The molecule has 14 heavy (non-hydrogen) atoms. The summed E-state index contributed by atoms with van der Waals surface area (Å²) in [5, 5.41) is 2.14. The fraction of sp³-hybridized carbons (Fsp3) is 0.500. The standard InChI is InChI=1S/C10H15N3S/c1-7(2)9-5-13-8(3-4-11)6-14-10(13)12-9/h5-7H,3-4,11H2,1-2H3. The molecule has 0 fully saturated rings. The van der Waals surface area contributed by atoms with Crippen LogP contribution in [-0.2, 0) is 6.42 Å². The van der Waals surface area contributed by atoms with Crippen molar-refractivity contribution in [2.24, 2.45) is 5.73 Å². The van der Waals surface area contributed by atoms with Crippen molar-refractivity contribution in [1.29, 1.82) is 0 Å². The van der Waals surface area contributed by atoms with E-state index in [9.17, 15) is 0 Å². The van der Waals surface area contributed by atoms with Crippen molar-refractivity contribution in [3.05, 3.63) is 23.0 Å². The van der Waals surface area contributed by atoms with Crippen molar-refractivity contribution in [2.75, 3.05) is 6.54 Å². The molecule has 0 radical (unpaired) electrons. The normalized spacial score (nSPS) is 11.7. The monoisotopic (exact) mass is 209 g/mol. The molecular formula is C10H15N3S. The van der Waals surface area contributed by atoms with Crippen molar-refractivity contribution < 1.29 is 0 Å². The molecule has 0 aliphatic rings. The second kappa shape index (κ2) is 3.71. The van der Waals surface area contributed by atoms with Crippen LogP contribution in [-0.4, -0.2) is 15.9 Å². The maximum Gasteiger partial charge on any atom is 0.194 e. The van der Waals surface area contributed by atoms with Gasteiger partial charge in [0.1, 0.15) is 0 Å². The van der Waals surface area contributed by atoms with Crippen molar-refractivity contribution in [3.8, 4) is 0 Å². The summed E-state index contributed by atoms with van der Waals surface area (Å²) < 4.78 is 2.16. The first-order chi connectivity index (χ1) is 6.72. The van der Waals surface area contributed by atoms with Gasteiger partial charge in [0.15, 0.2) is 4.96 Å². The third-order valence-electron chi connectivity index (χ3n) is 2.29. The van der Waals surface area contributed by atoms with E-state index in [0.29, 0.717) is 12.5 Å². The van der Waals surface area contributed by atoms with E-state index in [1.54, 1.807) is 11.3 Å². The number of hydrogen-bond acceptors (Lipinski definition) is 3. The van der Waals surface area contributed by atoms with Crippen LogP contribution in [0.1, 0.15) is 31.2 Å². The number of nitrogens with two attached hydrogens (primary N) is 1. The topological polar surface area (TPSA) is 43.3 Å². The van der Waals surface area contributed by atoms with E-state index in [1.165, 1.54) is 5.69 Å². The Labute approximate surface area is 87.6 Å². The minimum Gasteiger partial charge on any atom is -0.330 e. The summed E-state index contributed by atoms with van der Waals surface area (Å²) in [5.41, 5.74) is 7.98. The van der Waals surface area contributed by atoms with Crippen LogP contribution in [0.25, 0.3) is 4.96 Å². The van der Waals surface area contributed by atoms with Crippen molar-refractivity contribution in [3.63, 3.8) is 0 Å². The Morgan fingerprint density at radius 1 is 1.57 bits per heavy atom. The quantitative estimate of drug-likeness (QED) is 0.840. The molecule has 2 aromatic rings. The van der Waals surface area contributed by atoms with Gasteiger partial charge in [0.05, 0.1) is 5.69 Å². The van der Waals surface area contributed by atoms with Crippen molar-refractivity contribution in [2.45, 2.75) is 26.2 Å². The van der Waals surface area contributed by atoms with Crippen LogP contribution in [0.15, 0.2) is 11.6 Å². The molecule has 2 aromatic heterocycles. The smallest absolute Gasteiger partial charge is 0.194 e. The van der Waals surface area contributed by atoms with E-state index in [1.807, 2.05) is 0 Å². The van der Waals surface area contributed by atoms with Crippen LogP contribution < -0.4 is 5.73 Å². The predicted molar refractivity (Wildman–Crippen MR) is 59.9 cm³/mol. The van der Waals surface area contributed by atoms with Gasteiger partial charge in [-0.15, -0.1) is 11.3 Å². The highest BCUT2D eigenvalue weighted by atomic mass is 32.1. The highest BCUT2D eigenvalue weighted by Crippen LogP contribution is 2.20. The molecular weight excluding hydrogens is 194 g/mol. The van der Waals surface area contributed by atoms with Crippen LogP contribution in [0.5, 0.6) is 0 Å². The third-order valence-corrected chi connectivity index (χ3v) is 3.18. The Balaban J connectivity index is 2.45. The van der Waals surface area contributed by atoms with E-state index >= 15 is 0 Å². The molecule has 2 N–H and O–H groups in total. The Hall–Kier alpha value is -0.870. The highest BCUT2D eigenvalue weighted by molar-refractivity contribution is 7.15. The van der Waals surface area contributed by atoms with E-state index in [2.05, 4.69) is 34.8 Å². The summed E-state index contributed by atoms with van der Waals surface area (Å²) in [5.74, 6) is 0.493. The van der Waals surface area contributed by atoms with Gasteiger partial charge in [0, 0.05) is 23.7 Å². The average molecular weight is 209 g/mol. The maximum absolute atomic E-state index is 5.55. The molecule has 0 saturated heterocycles. The zero-order valence-electron chi connectivity index (χ0n) is 8.53. The zero-order chi connectivity index (χ0) is 10.1.